The summed E-state index contributed by atoms with van der Waals surface area (Å²) in [5.41, 5.74) is -0.581. The van der Waals surface area contributed by atoms with Gasteiger partial charge in [0.1, 0.15) is 19.0 Å². The molecule has 2 saturated heterocycles. The van der Waals surface area contributed by atoms with Crippen LogP contribution in [0.25, 0.3) is 0 Å². The van der Waals surface area contributed by atoms with Crippen molar-refractivity contribution < 1.29 is 34.1 Å². The van der Waals surface area contributed by atoms with E-state index < -0.39 is 54.1 Å². The van der Waals surface area contributed by atoms with Crippen LogP contribution < -0.4 is 5.32 Å². The number of carbonyl (C=O) groups excluding carboxylic acids is 4. The van der Waals surface area contributed by atoms with Crippen LogP contribution in [-0.2, 0) is 9.53 Å². The fourth-order valence-corrected chi connectivity index (χ4v) is 5.06. The van der Waals surface area contributed by atoms with Crippen LogP contribution >= 0.6 is 0 Å². The summed E-state index contributed by atoms with van der Waals surface area (Å²) >= 11 is 0. The second-order valence-corrected chi connectivity index (χ2v) is 9.95. The van der Waals surface area contributed by atoms with Gasteiger partial charge in [0.25, 0.3) is 0 Å². The Kier molecular flexibility index (Phi) is 6.35. The van der Waals surface area contributed by atoms with Crippen molar-refractivity contribution in [1.29, 1.82) is 0 Å². The summed E-state index contributed by atoms with van der Waals surface area (Å²) in [7, 11) is 0. The number of ketones is 2. The third-order valence-corrected chi connectivity index (χ3v) is 7.38. The van der Waals surface area contributed by atoms with Gasteiger partial charge in [-0.2, -0.15) is 0 Å². The van der Waals surface area contributed by atoms with Crippen LogP contribution in [0.4, 0.5) is 9.59 Å². The predicted octanol–water partition coefficient (Wildman–Crippen LogP) is 2.20. The predicted molar refractivity (Wildman–Crippen MR) is 130 cm³/mol. The van der Waals surface area contributed by atoms with Gasteiger partial charge in [0.15, 0.2) is 23.3 Å². The first kappa shape index (κ1) is 25.1. The van der Waals surface area contributed by atoms with Crippen molar-refractivity contribution in [3.63, 3.8) is 0 Å². The number of rotatable bonds is 7. The van der Waals surface area contributed by atoms with Gasteiger partial charge in [-0.1, -0.05) is 48.5 Å². The van der Waals surface area contributed by atoms with Gasteiger partial charge in [-0.15, -0.1) is 0 Å². The van der Waals surface area contributed by atoms with Gasteiger partial charge in [-0.3, -0.25) is 19.8 Å². The molecule has 1 aliphatic carbocycles. The van der Waals surface area contributed by atoms with E-state index in [9.17, 15) is 29.4 Å². The molecule has 2 aromatic rings. The van der Waals surface area contributed by atoms with E-state index >= 15 is 0 Å². The minimum atomic E-state index is -2.36. The number of amides is 4. The molecule has 0 aromatic heterocycles. The van der Waals surface area contributed by atoms with Gasteiger partial charge in [0, 0.05) is 18.0 Å². The van der Waals surface area contributed by atoms with E-state index in [-0.39, 0.29) is 18.3 Å². The lowest BCUT2D eigenvalue weighted by molar-refractivity contribution is -0.149. The summed E-state index contributed by atoms with van der Waals surface area (Å²) in [6, 6.07) is 12.1. The number of nitrogens with one attached hydrogen (secondary N) is 1. The Labute approximate surface area is 213 Å². The summed E-state index contributed by atoms with van der Waals surface area (Å²) in [6.45, 7) is 3.34. The lowest BCUT2D eigenvalue weighted by Crippen LogP contribution is -2.62. The smallest absolute Gasteiger partial charge is 0.328 e. The number of nitrogens with zero attached hydrogens (tertiary/aromatic N) is 2. The Hall–Kier alpha value is -3.60. The zero-order valence-corrected chi connectivity index (χ0v) is 20.6. The molecule has 10 heteroatoms. The SMILES string of the molecule is Cc1ccccc1C(=O)[C@]1(O)C[C@H](N2CN(C3CC3)C(=O)NC2=O)O[C@@H]1C(=O)C(O)c1ccccc1C. The Bertz CT molecular complexity index is 1280. The second kappa shape index (κ2) is 9.37. The summed E-state index contributed by atoms with van der Waals surface area (Å²) in [5, 5.41) is 25.1. The van der Waals surface area contributed by atoms with Crippen LogP contribution in [0.3, 0.4) is 0 Å². The number of urea groups is 2. The second-order valence-electron chi connectivity index (χ2n) is 9.95. The minimum absolute atomic E-state index is 0.00945. The number of Topliss-reactive ketones (excluding diaryl/α,β-unsaturated/α-hetero) is 2. The minimum Gasteiger partial charge on any atom is -0.380 e. The van der Waals surface area contributed by atoms with E-state index in [0.717, 1.165) is 12.8 Å². The first-order chi connectivity index (χ1) is 17.6. The molecule has 5 rings (SSSR count). The van der Waals surface area contributed by atoms with E-state index in [1.165, 1.54) is 9.80 Å². The molecule has 1 saturated carbocycles. The van der Waals surface area contributed by atoms with Crippen molar-refractivity contribution in [2.24, 2.45) is 0 Å². The first-order valence-electron chi connectivity index (χ1n) is 12.3. The number of aryl methyl sites for hydroxylation is 2. The average molecular weight is 508 g/mol. The van der Waals surface area contributed by atoms with Gasteiger partial charge in [0.2, 0.25) is 0 Å². The molecule has 2 aliphatic heterocycles. The monoisotopic (exact) mass is 507 g/mol. The molecule has 4 atom stereocenters. The van der Waals surface area contributed by atoms with Crippen LogP contribution in [0.5, 0.6) is 0 Å². The van der Waals surface area contributed by atoms with Crippen molar-refractivity contribution in [3.8, 4) is 0 Å². The lowest BCUT2D eigenvalue weighted by Gasteiger charge is -2.38. The van der Waals surface area contributed by atoms with Crippen LogP contribution in [0.2, 0.25) is 0 Å². The molecule has 3 fully saturated rings. The number of ether oxygens (including phenoxy) is 1. The van der Waals surface area contributed by atoms with E-state index in [1.54, 1.807) is 62.4 Å². The molecular weight excluding hydrogens is 478 g/mol. The quantitative estimate of drug-likeness (QED) is 0.489. The van der Waals surface area contributed by atoms with Gasteiger partial charge in [-0.25, -0.2) is 9.59 Å². The zero-order valence-electron chi connectivity index (χ0n) is 20.6. The van der Waals surface area contributed by atoms with E-state index in [4.69, 9.17) is 4.74 Å². The van der Waals surface area contributed by atoms with Gasteiger partial charge in [-0.05, 0) is 43.4 Å². The van der Waals surface area contributed by atoms with Crippen molar-refractivity contribution in [3.05, 3.63) is 70.8 Å². The van der Waals surface area contributed by atoms with E-state index in [1.807, 2.05) is 0 Å². The maximum atomic E-state index is 13.7. The maximum Gasteiger partial charge on any atom is 0.328 e. The number of hydrogen-bond acceptors (Lipinski definition) is 7. The lowest BCUT2D eigenvalue weighted by atomic mass is 9.81. The summed E-state index contributed by atoms with van der Waals surface area (Å²) in [5.74, 6) is -1.63. The highest BCUT2D eigenvalue weighted by Gasteiger charge is 2.59. The molecule has 2 aromatic carbocycles. The molecule has 10 nitrogen and oxygen atoms in total. The third kappa shape index (κ3) is 4.41. The first-order valence-corrected chi connectivity index (χ1v) is 12.3. The van der Waals surface area contributed by atoms with Crippen LogP contribution in [0.1, 0.15) is 52.4 Å². The van der Waals surface area contributed by atoms with E-state index in [0.29, 0.717) is 16.7 Å². The standard InChI is InChI=1S/C27H29N3O7/c1-15-7-3-5-9-18(15)21(31)22(32)24-27(36,23(33)19-10-6-4-8-16(19)2)13-20(37-24)30-14-29(17-11-12-17)25(34)28-26(30)35/h3-10,17,20-21,24,31,36H,11-14H2,1-2H3,(H,28,34,35)/t20-,21?,24-,27-/m1/s1. The van der Waals surface area contributed by atoms with Gasteiger partial charge in [0.05, 0.1) is 0 Å². The summed E-state index contributed by atoms with van der Waals surface area (Å²) < 4.78 is 5.94. The van der Waals surface area contributed by atoms with Crippen molar-refractivity contribution >= 4 is 23.6 Å². The highest BCUT2D eigenvalue weighted by atomic mass is 16.5. The van der Waals surface area contributed by atoms with Crippen LogP contribution in [-0.4, -0.2) is 74.3 Å². The largest absolute Gasteiger partial charge is 0.380 e. The van der Waals surface area contributed by atoms with Gasteiger partial charge >= 0.3 is 12.1 Å². The molecule has 2 heterocycles. The molecule has 3 aliphatic rings. The number of imide groups is 1. The third-order valence-electron chi connectivity index (χ3n) is 7.38. The Morgan fingerprint density at radius 1 is 1.00 bits per heavy atom. The molecule has 194 valence electrons. The number of hydrogen-bond donors (Lipinski definition) is 3. The molecule has 1 unspecified atom stereocenters. The van der Waals surface area contributed by atoms with Crippen molar-refractivity contribution in [1.82, 2.24) is 15.1 Å². The Morgan fingerprint density at radius 3 is 2.27 bits per heavy atom. The molecule has 0 radical (unpaired) electrons. The fourth-order valence-electron chi connectivity index (χ4n) is 5.06. The topological polar surface area (TPSA) is 136 Å². The maximum absolute atomic E-state index is 13.7. The number of aliphatic hydroxyl groups is 2. The summed E-state index contributed by atoms with van der Waals surface area (Å²) in [6.07, 6.45) is -3.40. The fraction of sp³-hybridized carbons (Fsp3) is 0.407. The Balaban J connectivity index is 1.50. The molecule has 0 bridgehead atoms. The van der Waals surface area contributed by atoms with Crippen LogP contribution in [0, 0.1) is 13.8 Å². The summed E-state index contributed by atoms with van der Waals surface area (Å²) in [4.78, 5) is 55.1. The molecular formula is C27H29N3O7. The number of carbonyl (C=O) groups is 4. The van der Waals surface area contributed by atoms with Crippen molar-refractivity contribution in [2.45, 2.75) is 63.2 Å². The average Bonchev–Trinajstić information content (AvgIpc) is 3.65. The molecule has 37 heavy (non-hydrogen) atoms. The van der Waals surface area contributed by atoms with E-state index in [2.05, 4.69) is 5.32 Å². The zero-order chi connectivity index (χ0) is 26.5. The van der Waals surface area contributed by atoms with Gasteiger partial charge < -0.3 is 19.8 Å². The van der Waals surface area contributed by atoms with Crippen LogP contribution in [0.15, 0.2) is 48.5 Å². The normalized spacial score (nSPS) is 26.7. The number of benzene rings is 2. The molecule has 3 N–H and O–H groups in total. The Morgan fingerprint density at radius 2 is 1.62 bits per heavy atom. The van der Waals surface area contributed by atoms with Crippen molar-refractivity contribution in [2.75, 3.05) is 6.67 Å². The molecule has 4 amide bonds. The highest BCUT2D eigenvalue weighted by Crippen LogP contribution is 2.40. The molecule has 0 spiro atoms. The number of aliphatic hydroxyl groups excluding tert-OH is 1. The highest BCUT2D eigenvalue weighted by molar-refractivity contribution is 6.08.